The number of likely N-dealkylation sites (tertiary alicyclic amines) is 1. The number of nitrogens with two attached hydrogens (primary N) is 1. The first-order valence-electron chi connectivity index (χ1n) is 9.00. The normalized spacial score (nSPS) is 20.3. The van der Waals surface area contributed by atoms with Crippen molar-refractivity contribution in [1.29, 1.82) is 0 Å². The molecule has 0 amide bonds. The van der Waals surface area contributed by atoms with E-state index < -0.39 is 0 Å². The van der Waals surface area contributed by atoms with Crippen LogP contribution < -0.4 is 10.6 Å². The van der Waals surface area contributed by atoms with Crippen molar-refractivity contribution in [1.82, 2.24) is 19.8 Å². The van der Waals surface area contributed by atoms with Gasteiger partial charge in [-0.1, -0.05) is 6.92 Å². The van der Waals surface area contributed by atoms with E-state index in [1.54, 1.807) is 0 Å². The summed E-state index contributed by atoms with van der Waals surface area (Å²) in [5.74, 6) is 1.44. The zero-order valence-corrected chi connectivity index (χ0v) is 14.6. The first-order valence-corrected chi connectivity index (χ1v) is 9.00. The molecule has 3 rings (SSSR count). The summed E-state index contributed by atoms with van der Waals surface area (Å²) in [5, 5.41) is 0. The van der Waals surface area contributed by atoms with Crippen LogP contribution in [-0.2, 0) is 6.42 Å². The Kier molecular flexibility index (Phi) is 5.33. The third-order valence-electron chi connectivity index (χ3n) is 5.18. The number of aromatic nitrogens is 2. The van der Waals surface area contributed by atoms with E-state index in [0.29, 0.717) is 5.95 Å². The van der Waals surface area contributed by atoms with Crippen LogP contribution in [0, 0.1) is 6.92 Å². The summed E-state index contributed by atoms with van der Waals surface area (Å²) in [7, 11) is 0. The molecule has 0 radical (unpaired) electrons. The summed E-state index contributed by atoms with van der Waals surface area (Å²) >= 11 is 0. The second kappa shape index (κ2) is 7.45. The zero-order chi connectivity index (χ0) is 16.2. The number of hydrogen-bond donors (Lipinski definition) is 1. The van der Waals surface area contributed by atoms with Gasteiger partial charge in [0.15, 0.2) is 0 Å². The zero-order valence-electron chi connectivity index (χ0n) is 14.6. The van der Waals surface area contributed by atoms with Gasteiger partial charge in [0, 0.05) is 44.8 Å². The van der Waals surface area contributed by atoms with E-state index in [9.17, 15) is 0 Å². The molecular formula is C17H30N6. The topological polar surface area (TPSA) is 61.5 Å². The Morgan fingerprint density at radius 3 is 2.13 bits per heavy atom. The molecule has 6 nitrogen and oxygen atoms in total. The van der Waals surface area contributed by atoms with Crippen molar-refractivity contribution in [2.45, 2.75) is 33.1 Å². The molecule has 2 N–H and O–H groups in total. The molecule has 1 aromatic heterocycles. The maximum absolute atomic E-state index is 5.89. The number of anilines is 2. The van der Waals surface area contributed by atoms with Gasteiger partial charge in [-0.3, -0.25) is 4.90 Å². The maximum atomic E-state index is 5.89. The number of nitrogens with zero attached hydrogens (tertiary/aromatic N) is 5. The third kappa shape index (κ3) is 3.93. The van der Waals surface area contributed by atoms with Crippen molar-refractivity contribution in [3.8, 4) is 0 Å². The fourth-order valence-electron chi connectivity index (χ4n) is 3.69. The molecule has 0 spiro atoms. The van der Waals surface area contributed by atoms with Crippen molar-refractivity contribution in [2.24, 2.45) is 0 Å². The van der Waals surface area contributed by atoms with Crippen LogP contribution in [-0.4, -0.2) is 72.1 Å². The van der Waals surface area contributed by atoms with Gasteiger partial charge in [0.1, 0.15) is 5.82 Å². The fraction of sp³-hybridized carbons (Fsp3) is 0.765. The van der Waals surface area contributed by atoms with Crippen LogP contribution in [0.3, 0.4) is 0 Å². The average molecular weight is 318 g/mol. The Balaban J connectivity index is 1.55. The van der Waals surface area contributed by atoms with Crippen molar-refractivity contribution >= 4 is 11.8 Å². The molecule has 2 fully saturated rings. The maximum Gasteiger partial charge on any atom is 0.222 e. The van der Waals surface area contributed by atoms with Gasteiger partial charge < -0.3 is 15.5 Å². The smallest absolute Gasteiger partial charge is 0.222 e. The van der Waals surface area contributed by atoms with Gasteiger partial charge in [-0.25, -0.2) is 4.98 Å². The molecule has 0 unspecified atom stereocenters. The van der Waals surface area contributed by atoms with Crippen LogP contribution in [0.1, 0.15) is 31.0 Å². The molecule has 2 aliphatic heterocycles. The average Bonchev–Trinajstić information content (AvgIpc) is 3.09. The van der Waals surface area contributed by atoms with Crippen LogP contribution >= 0.6 is 0 Å². The number of nitrogen functional groups attached to an aromatic ring is 1. The minimum atomic E-state index is 0.402. The second-order valence-corrected chi connectivity index (χ2v) is 6.71. The molecular weight excluding hydrogens is 288 g/mol. The SMILES string of the molecule is CCc1nc(N)nc(N2CCN(CCN3CCCC3)CC2)c1C. The molecule has 2 aliphatic rings. The molecule has 1 aromatic rings. The van der Waals surface area contributed by atoms with Gasteiger partial charge in [0.2, 0.25) is 5.95 Å². The lowest BCUT2D eigenvalue weighted by Gasteiger charge is -2.36. The Morgan fingerprint density at radius 2 is 1.52 bits per heavy atom. The van der Waals surface area contributed by atoms with Gasteiger partial charge in [0.05, 0.1) is 5.69 Å². The van der Waals surface area contributed by atoms with E-state index in [-0.39, 0.29) is 0 Å². The van der Waals surface area contributed by atoms with Crippen molar-refractivity contribution in [2.75, 3.05) is 63.0 Å². The van der Waals surface area contributed by atoms with Gasteiger partial charge in [-0.15, -0.1) is 0 Å². The minimum absolute atomic E-state index is 0.402. The Hall–Kier alpha value is -1.40. The predicted molar refractivity (Wildman–Crippen MR) is 94.9 cm³/mol. The highest BCUT2D eigenvalue weighted by Gasteiger charge is 2.22. The summed E-state index contributed by atoms with van der Waals surface area (Å²) in [6, 6.07) is 0. The Bertz CT molecular complexity index is 518. The van der Waals surface area contributed by atoms with Crippen molar-refractivity contribution in [3.63, 3.8) is 0 Å². The van der Waals surface area contributed by atoms with Crippen LogP contribution in [0.15, 0.2) is 0 Å². The van der Waals surface area contributed by atoms with E-state index >= 15 is 0 Å². The van der Waals surface area contributed by atoms with Crippen LogP contribution in [0.25, 0.3) is 0 Å². The summed E-state index contributed by atoms with van der Waals surface area (Å²) in [6.07, 6.45) is 3.66. The summed E-state index contributed by atoms with van der Waals surface area (Å²) < 4.78 is 0. The highest BCUT2D eigenvalue weighted by Crippen LogP contribution is 2.22. The molecule has 0 aliphatic carbocycles. The Labute approximate surface area is 139 Å². The molecule has 0 aromatic carbocycles. The molecule has 6 heteroatoms. The van der Waals surface area contributed by atoms with Crippen molar-refractivity contribution in [3.05, 3.63) is 11.3 Å². The molecule has 0 atom stereocenters. The van der Waals surface area contributed by atoms with Crippen LogP contribution in [0.4, 0.5) is 11.8 Å². The Morgan fingerprint density at radius 1 is 0.913 bits per heavy atom. The van der Waals surface area contributed by atoms with E-state index in [1.165, 1.54) is 44.6 Å². The molecule has 0 bridgehead atoms. The number of rotatable bonds is 5. The van der Waals surface area contributed by atoms with E-state index in [2.05, 4.69) is 38.5 Å². The summed E-state index contributed by atoms with van der Waals surface area (Å²) in [4.78, 5) is 16.4. The molecule has 2 saturated heterocycles. The van der Waals surface area contributed by atoms with Gasteiger partial charge in [-0.05, 0) is 39.3 Å². The molecule has 23 heavy (non-hydrogen) atoms. The summed E-state index contributed by atoms with van der Waals surface area (Å²) in [5.41, 5.74) is 8.15. The lowest BCUT2D eigenvalue weighted by molar-refractivity contribution is 0.215. The molecule has 128 valence electrons. The summed E-state index contributed by atoms with van der Waals surface area (Å²) in [6.45, 7) is 13.5. The van der Waals surface area contributed by atoms with Crippen molar-refractivity contribution < 1.29 is 0 Å². The number of piperazine rings is 1. The lowest BCUT2D eigenvalue weighted by Crippen LogP contribution is -2.48. The monoisotopic (exact) mass is 318 g/mol. The van der Waals surface area contributed by atoms with Gasteiger partial charge in [-0.2, -0.15) is 4.98 Å². The second-order valence-electron chi connectivity index (χ2n) is 6.71. The highest BCUT2D eigenvalue weighted by atomic mass is 15.3. The lowest BCUT2D eigenvalue weighted by atomic mass is 10.1. The van der Waals surface area contributed by atoms with Gasteiger partial charge in [0.25, 0.3) is 0 Å². The van der Waals surface area contributed by atoms with Gasteiger partial charge >= 0.3 is 0 Å². The highest BCUT2D eigenvalue weighted by molar-refractivity contribution is 5.51. The van der Waals surface area contributed by atoms with E-state index in [4.69, 9.17) is 5.73 Å². The molecule has 0 saturated carbocycles. The fourth-order valence-corrected chi connectivity index (χ4v) is 3.69. The first kappa shape index (κ1) is 16.5. The van der Waals surface area contributed by atoms with E-state index in [1.807, 2.05) is 0 Å². The van der Waals surface area contributed by atoms with Crippen LogP contribution in [0.2, 0.25) is 0 Å². The first-order chi connectivity index (χ1) is 11.2. The molecule has 3 heterocycles. The van der Waals surface area contributed by atoms with Crippen LogP contribution in [0.5, 0.6) is 0 Å². The quantitative estimate of drug-likeness (QED) is 0.879. The standard InChI is InChI=1S/C17H30N6/c1-3-15-14(2)16(20-17(18)19-15)23-12-10-22(11-13-23)9-8-21-6-4-5-7-21/h3-13H2,1-2H3,(H2,18,19,20). The van der Waals surface area contributed by atoms with E-state index in [0.717, 1.165) is 44.1 Å². The number of hydrogen-bond acceptors (Lipinski definition) is 6. The largest absolute Gasteiger partial charge is 0.368 e. The minimum Gasteiger partial charge on any atom is -0.368 e. The number of aryl methyl sites for hydroxylation is 1. The predicted octanol–water partition coefficient (Wildman–Crippen LogP) is 1.15. The third-order valence-corrected chi connectivity index (χ3v) is 5.18.